The molecule has 5 rings (SSSR count). The van der Waals surface area contributed by atoms with Gasteiger partial charge in [-0.3, -0.25) is 9.71 Å². The van der Waals surface area contributed by atoms with Crippen LogP contribution in [0.4, 0.5) is 5.69 Å². The van der Waals surface area contributed by atoms with Crippen molar-refractivity contribution in [3.63, 3.8) is 0 Å². The summed E-state index contributed by atoms with van der Waals surface area (Å²) in [5.41, 5.74) is 6.45. The van der Waals surface area contributed by atoms with E-state index in [1.54, 1.807) is 35.3 Å². The number of nitrogens with one attached hydrogen (secondary N) is 3. The average Bonchev–Trinajstić information content (AvgIpc) is 3.48. The van der Waals surface area contributed by atoms with Crippen LogP contribution in [0.15, 0.2) is 56.1 Å². The SMILES string of the molecule is O=S(=O)(Nc1cccc2cc(C3=NCC(CC4=NNCC4)S3)[nH]c12)c1cccs1. The van der Waals surface area contributed by atoms with E-state index >= 15 is 0 Å². The molecule has 2 aliphatic rings. The number of aromatic nitrogens is 1. The Morgan fingerprint density at radius 2 is 2.17 bits per heavy atom. The number of aliphatic imine (C=N–C) groups is 1. The number of thioether (sulfide) groups is 1. The van der Waals surface area contributed by atoms with Crippen molar-refractivity contribution in [3.8, 4) is 0 Å². The predicted octanol–water partition coefficient (Wildman–Crippen LogP) is 3.63. The summed E-state index contributed by atoms with van der Waals surface area (Å²) in [5, 5.41) is 8.38. The topological polar surface area (TPSA) is 98.7 Å². The summed E-state index contributed by atoms with van der Waals surface area (Å²) >= 11 is 2.95. The van der Waals surface area contributed by atoms with E-state index in [1.165, 1.54) is 17.0 Å². The van der Waals surface area contributed by atoms with Crippen LogP contribution in [-0.4, -0.2) is 42.5 Å². The summed E-state index contributed by atoms with van der Waals surface area (Å²) in [7, 11) is -3.60. The maximum Gasteiger partial charge on any atom is 0.271 e. The highest BCUT2D eigenvalue weighted by molar-refractivity contribution is 8.15. The van der Waals surface area contributed by atoms with Crippen LogP contribution in [-0.2, 0) is 10.0 Å². The lowest BCUT2D eigenvalue weighted by Gasteiger charge is -2.07. The highest BCUT2D eigenvalue weighted by atomic mass is 32.2. The third-order valence-corrected chi connectivity index (χ3v) is 8.82. The minimum Gasteiger partial charge on any atom is -0.351 e. The summed E-state index contributed by atoms with van der Waals surface area (Å²) in [4.78, 5) is 8.08. The third-order valence-electron chi connectivity index (χ3n) is 4.83. The number of hydrogen-bond acceptors (Lipinski definition) is 7. The second-order valence-corrected chi connectivity index (χ2v) is 11.1. The molecule has 0 amide bonds. The Morgan fingerprint density at radius 3 is 2.97 bits per heavy atom. The van der Waals surface area contributed by atoms with E-state index in [0.717, 1.165) is 47.6 Å². The zero-order valence-corrected chi connectivity index (χ0v) is 17.8. The highest BCUT2D eigenvalue weighted by Gasteiger charge is 2.25. The first-order valence-electron chi connectivity index (χ1n) is 9.26. The Hall–Kier alpha value is -2.30. The number of H-pyrrole nitrogens is 1. The van der Waals surface area contributed by atoms with E-state index in [1.807, 2.05) is 18.2 Å². The minimum atomic E-state index is -3.60. The van der Waals surface area contributed by atoms with Crippen LogP contribution in [0.5, 0.6) is 0 Å². The number of thiophene rings is 1. The number of nitrogens with zero attached hydrogens (tertiary/aromatic N) is 2. The monoisotopic (exact) mass is 445 g/mol. The van der Waals surface area contributed by atoms with Crippen molar-refractivity contribution in [1.82, 2.24) is 10.4 Å². The molecule has 0 radical (unpaired) electrons. The average molecular weight is 446 g/mol. The molecule has 10 heteroatoms. The third kappa shape index (κ3) is 3.79. The Bertz CT molecular complexity index is 1210. The minimum absolute atomic E-state index is 0.296. The van der Waals surface area contributed by atoms with E-state index in [-0.39, 0.29) is 0 Å². The number of benzene rings is 1. The lowest BCUT2D eigenvalue weighted by molar-refractivity contribution is 0.603. The molecule has 0 saturated carbocycles. The number of hydrazone groups is 1. The quantitative estimate of drug-likeness (QED) is 0.540. The first-order chi connectivity index (χ1) is 14.1. The summed E-state index contributed by atoms with van der Waals surface area (Å²) in [6, 6.07) is 10.9. The van der Waals surface area contributed by atoms with E-state index in [9.17, 15) is 8.42 Å². The van der Waals surface area contributed by atoms with Gasteiger partial charge >= 0.3 is 0 Å². The molecule has 0 spiro atoms. The molecule has 2 aliphatic heterocycles. The lowest BCUT2D eigenvalue weighted by atomic mass is 10.1. The Labute approximate surface area is 176 Å². The normalized spacial score (nSPS) is 19.2. The van der Waals surface area contributed by atoms with Gasteiger partial charge in [0.1, 0.15) is 9.25 Å². The number of fused-ring (bicyclic) bond motifs is 1. The van der Waals surface area contributed by atoms with Crippen LogP contribution in [0.2, 0.25) is 0 Å². The Kier molecular flexibility index (Phi) is 4.84. The zero-order valence-electron chi connectivity index (χ0n) is 15.4. The van der Waals surface area contributed by atoms with Gasteiger partial charge in [-0.2, -0.15) is 5.10 Å². The first kappa shape index (κ1) is 18.7. The van der Waals surface area contributed by atoms with Crippen LogP contribution in [0, 0.1) is 0 Å². The molecule has 4 heterocycles. The van der Waals surface area contributed by atoms with E-state index in [4.69, 9.17) is 4.99 Å². The van der Waals surface area contributed by atoms with Gasteiger partial charge in [0.15, 0.2) is 0 Å². The van der Waals surface area contributed by atoms with E-state index in [2.05, 4.69) is 20.2 Å². The predicted molar refractivity (Wildman–Crippen MR) is 121 cm³/mol. The van der Waals surface area contributed by atoms with Gasteiger partial charge < -0.3 is 10.4 Å². The van der Waals surface area contributed by atoms with Crippen LogP contribution in [0.3, 0.4) is 0 Å². The second-order valence-electron chi connectivity index (χ2n) is 6.92. The van der Waals surface area contributed by atoms with Gasteiger partial charge in [-0.1, -0.05) is 30.0 Å². The molecule has 150 valence electrons. The van der Waals surface area contributed by atoms with Gasteiger partial charge in [0.05, 0.1) is 23.4 Å². The van der Waals surface area contributed by atoms with E-state index in [0.29, 0.717) is 15.1 Å². The molecule has 0 fully saturated rings. The molecule has 2 aromatic heterocycles. The number of para-hydroxylation sites is 1. The van der Waals surface area contributed by atoms with Crippen molar-refractivity contribution < 1.29 is 8.42 Å². The van der Waals surface area contributed by atoms with Gasteiger partial charge in [0.25, 0.3) is 10.0 Å². The van der Waals surface area contributed by atoms with Gasteiger partial charge in [-0.05, 0) is 23.6 Å². The van der Waals surface area contributed by atoms with Crippen LogP contribution >= 0.6 is 23.1 Å². The van der Waals surface area contributed by atoms with Gasteiger partial charge in [0, 0.05) is 35.7 Å². The lowest BCUT2D eigenvalue weighted by Crippen LogP contribution is -2.11. The molecular formula is C19H19N5O2S3. The molecule has 1 aromatic carbocycles. The molecule has 3 aromatic rings. The maximum atomic E-state index is 12.6. The summed E-state index contributed by atoms with van der Waals surface area (Å²) in [6.45, 7) is 1.69. The van der Waals surface area contributed by atoms with Crippen LogP contribution in [0.1, 0.15) is 18.5 Å². The zero-order chi connectivity index (χ0) is 19.8. The van der Waals surface area contributed by atoms with E-state index < -0.39 is 10.0 Å². The van der Waals surface area contributed by atoms with Gasteiger partial charge in [-0.15, -0.1) is 11.3 Å². The fourth-order valence-electron chi connectivity index (χ4n) is 3.47. The number of anilines is 1. The molecule has 3 N–H and O–H groups in total. The summed E-state index contributed by atoms with van der Waals surface area (Å²) in [6.07, 6.45) is 1.95. The van der Waals surface area contributed by atoms with Crippen molar-refractivity contribution in [1.29, 1.82) is 0 Å². The summed E-state index contributed by atoms with van der Waals surface area (Å²) in [5.74, 6) is 0. The van der Waals surface area contributed by atoms with Crippen molar-refractivity contribution in [2.75, 3.05) is 17.8 Å². The first-order valence-corrected chi connectivity index (χ1v) is 12.5. The largest absolute Gasteiger partial charge is 0.351 e. The Morgan fingerprint density at radius 1 is 1.24 bits per heavy atom. The molecule has 0 aliphatic carbocycles. The number of sulfonamides is 1. The van der Waals surface area contributed by atoms with Gasteiger partial charge in [0.2, 0.25) is 0 Å². The van der Waals surface area contributed by atoms with Gasteiger partial charge in [-0.25, -0.2) is 8.42 Å². The Balaban J connectivity index is 1.38. The molecule has 7 nitrogen and oxygen atoms in total. The van der Waals surface area contributed by atoms with Crippen molar-refractivity contribution >= 4 is 60.5 Å². The number of rotatable bonds is 6. The smallest absolute Gasteiger partial charge is 0.271 e. The molecule has 0 saturated heterocycles. The molecule has 0 bridgehead atoms. The van der Waals surface area contributed by atoms with Crippen molar-refractivity contribution in [3.05, 3.63) is 47.5 Å². The fourth-order valence-corrected chi connectivity index (χ4v) is 6.67. The number of aromatic amines is 1. The van der Waals surface area contributed by atoms with Crippen molar-refractivity contribution in [2.45, 2.75) is 22.3 Å². The second kappa shape index (κ2) is 7.51. The standard InChI is InChI=1S/C19H19N5O2S3/c25-29(26,17-5-2-8-27-17)24-15-4-1-3-12-9-16(22-18(12)15)19-20-11-14(28-19)10-13-6-7-21-23-13/h1-5,8-9,14,21-22,24H,6-7,10-11H2. The van der Waals surface area contributed by atoms with Crippen LogP contribution < -0.4 is 10.1 Å². The molecule has 29 heavy (non-hydrogen) atoms. The van der Waals surface area contributed by atoms with Crippen LogP contribution in [0.25, 0.3) is 10.9 Å². The molecular weight excluding hydrogens is 426 g/mol. The maximum absolute atomic E-state index is 12.6. The number of hydrogen-bond donors (Lipinski definition) is 3. The molecule has 1 unspecified atom stereocenters. The highest BCUT2D eigenvalue weighted by Crippen LogP contribution is 2.32. The summed E-state index contributed by atoms with van der Waals surface area (Å²) < 4.78 is 28.2. The van der Waals surface area contributed by atoms with Crippen molar-refractivity contribution in [2.24, 2.45) is 10.1 Å². The molecule has 1 atom stereocenters. The fraction of sp³-hybridized carbons (Fsp3) is 0.263.